The van der Waals surface area contributed by atoms with Crippen LogP contribution in [0.15, 0.2) is 24.3 Å². The fourth-order valence-corrected chi connectivity index (χ4v) is 2.30. The van der Waals surface area contributed by atoms with E-state index in [0.717, 1.165) is 6.42 Å². The number of hydrogen-bond donors (Lipinski definition) is 3. The third-order valence-electron chi connectivity index (χ3n) is 3.76. The molecule has 0 aliphatic carbocycles. The Labute approximate surface area is 130 Å². The molecule has 6 nitrogen and oxygen atoms in total. The average molecular weight is 305 g/mol. The van der Waals surface area contributed by atoms with E-state index >= 15 is 0 Å². The van der Waals surface area contributed by atoms with E-state index in [1.807, 2.05) is 6.92 Å². The molecular formula is C16H23N3O3. The Bertz CT molecular complexity index is 539. The van der Waals surface area contributed by atoms with Gasteiger partial charge in [0.15, 0.2) is 0 Å². The molecule has 0 spiro atoms. The maximum absolute atomic E-state index is 12.4. The van der Waals surface area contributed by atoms with Gasteiger partial charge in [0.1, 0.15) is 5.54 Å². The standard InChI is InChI=1S/C16H23N3O3/c1-2-8-18-14(20)12-4-3-5-13(11-12)19-15(21)16(17)6-9-22-10-7-16/h3-5,11H,2,6-10,17H2,1H3,(H,18,20)(H,19,21). The highest BCUT2D eigenvalue weighted by molar-refractivity contribution is 6.00. The third-order valence-corrected chi connectivity index (χ3v) is 3.76. The molecule has 1 fully saturated rings. The number of rotatable bonds is 5. The van der Waals surface area contributed by atoms with Gasteiger partial charge < -0.3 is 21.1 Å². The summed E-state index contributed by atoms with van der Waals surface area (Å²) >= 11 is 0. The number of nitrogens with two attached hydrogens (primary N) is 1. The van der Waals surface area contributed by atoms with Gasteiger partial charge in [0.05, 0.1) is 0 Å². The summed E-state index contributed by atoms with van der Waals surface area (Å²) in [7, 11) is 0. The minimum atomic E-state index is -0.904. The topological polar surface area (TPSA) is 93.5 Å². The summed E-state index contributed by atoms with van der Waals surface area (Å²) in [4.78, 5) is 24.3. The van der Waals surface area contributed by atoms with E-state index in [-0.39, 0.29) is 11.8 Å². The summed E-state index contributed by atoms with van der Waals surface area (Å²) < 4.78 is 5.24. The van der Waals surface area contributed by atoms with E-state index in [0.29, 0.717) is 43.9 Å². The average Bonchev–Trinajstić information content (AvgIpc) is 2.53. The van der Waals surface area contributed by atoms with Crippen molar-refractivity contribution in [2.45, 2.75) is 31.7 Å². The molecule has 4 N–H and O–H groups in total. The predicted octanol–water partition coefficient (Wildman–Crippen LogP) is 1.27. The van der Waals surface area contributed by atoms with Crippen molar-refractivity contribution in [2.75, 3.05) is 25.1 Å². The molecule has 0 bridgehead atoms. The highest BCUT2D eigenvalue weighted by Gasteiger charge is 2.35. The molecule has 2 amide bonds. The Hall–Kier alpha value is -1.92. The first-order chi connectivity index (χ1) is 10.5. The molecule has 2 rings (SSSR count). The quantitative estimate of drug-likeness (QED) is 0.764. The normalized spacial score (nSPS) is 16.8. The van der Waals surface area contributed by atoms with Gasteiger partial charge in [0.25, 0.3) is 5.91 Å². The van der Waals surface area contributed by atoms with Crippen LogP contribution in [-0.4, -0.2) is 37.1 Å². The molecule has 6 heteroatoms. The number of ether oxygens (including phenoxy) is 1. The van der Waals surface area contributed by atoms with E-state index in [1.54, 1.807) is 24.3 Å². The minimum Gasteiger partial charge on any atom is -0.381 e. The Balaban J connectivity index is 2.03. The molecule has 1 aliphatic rings. The lowest BCUT2D eigenvalue weighted by Gasteiger charge is -2.31. The summed E-state index contributed by atoms with van der Waals surface area (Å²) in [6.07, 6.45) is 1.87. The molecule has 1 aromatic carbocycles. The van der Waals surface area contributed by atoms with E-state index in [2.05, 4.69) is 10.6 Å². The monoisotopic (exact) mass is 305 g/mol. The lowest BCUT2D eigenvalue weighted by Crippen LogP contribution is -2.54. The number of carbonyl (C=O) groups is 2. The van der Waals surface area contributed by atoms with Gasteiger partial charge >= 0.3 is 0 Å². The van der Waals surface area contributed by atoms with Crippen LogP contribution >= 0.6 is 0 Å². The zero-order valence-electron chi connectivity index (χ0n) is 12.9. The summed E-state index contributed by atoms with van der Waals surface area (Å²) in [5.41, 5.74) is 6.33. The lowest BCUT2D eigenvalue weighted by molar-refractivity contribution is -0.124. The molecule has 1 aromatic rings. The fraction of sp³-hybridized carbons (Fsp3) is 0.500. The van der Waals surface area contributed by atoms with Crippen molar-refractivity contribution in [2.24, 2.45) is 5.73 Å². The zero-order chi connectivity index (χ0) is 16.0. The zero-order valence-corrected chi connectivity index (χ0v) is 12.9. The Kier molecular flexibility index (Phi) is 5.51. The van der Waals surface area contributed by atoms with Crippen molar-refractivity contribution in [3.8, 4) is 0 Å². The highest BCUT2D eigenvalue weighted by atomic mass is 16.5. The largest absolute Gasteiger partial charge is 0.381 e. The smallest absolute Gasteiger partial charge is 0.251 e. The molecular weight excluding hydrogens is 282 g/mol. The van der Waals surface area contributed by atoms with Crippen LogP contribution in [0.4, 0.5) is 5.69 Å². The molecule has 1 aliphatic heterocycles. The first-order valence-electron chi connectivity index (χ1n) is 7.61. The van der Waals surface area contributed by atoms with Gasteiger partial charge in [-0.05, 0) is 37.5 Å². The van der Waals surface area contributed by atoms with Crippen molar-refractivity contribution < 1.29 is 14.3 Å². The van der Waals surface area contributed by atoms with Crippen LogP contribution in [0.5, 0.6) is 0 Å². The van der Waals surface area contributed by atoms with Gasteiger partial charge in [0.2, 0.25) is 5.91 Å². The van der Waals surface area contributed by atoms with Gasteiger partial charge in [-0.3, -0.25) is 9.59 Å². The summed E-state index contributed by atoms with van der Waals surface area (Å²) in [6, 6.07) is 6.86. The minimum absolute atomic E-state index is 0.147. The number of anilines is 1. The second kappa shape index (κ2) is 7.38. The number of carbonyl (C=O) groups excluding carboxylic acids is 2. The second-order valence-electron chi connectivity index (χ2n) is 5.56. The molecule has 0 radical (unpaired) electrons. The molecule has 0 atom stereocenters. The van der Waals surface area contributed by atoms with Crippen LogP contribution in [0, 0.1) is 0 Å². The van der Waals surface area contributed by atoms with Crippen molar-refractivity contribution >= 4 is 17.5 Å². The second-order valence-corrected chi connectivity index (χ2v) is 5.56. The van der Waals surface area contributed by atoms with Crippen molar-refractivity contribution in [1.29, 1.82) is 0 Å². The molecule has 22 heavy (non-hydrogen) atoms. The number of amides is 2. The number of benzene rings is 1. The molecule has 0 aromatic heterocycles. The van der Waals surface area contributed by atoms with Crippen LogP contribution in [0.1, 0.15) is 36.5 Å². The van der Waals surface area contributed by atoms with E-state index in [1.165, 1.54) is 0 Å². The van der Waals surface area contributed by atoms with Crippen LogP contribution in [0.3, 0.4) is 0 Å². The number of nitrogens with one attached hydrogen (secondary N) is 2. The molecule has 1 heterocycles. The third kappa shape index (κ3) is 4.05. The molecule has 0 saturated carbocycles. The van der Waals surface area contributed by atoms with Gasteiger partial charge in [-0.2, -0.15) is 0 Å². The number of hydrogen-bond acceptors (Lipinski definition) is 4. The molecule has 0 unspecified atom stereocenters. The molecule has 120 valence electrons. The van der Waals surface area contributed by atoms with Crippen LogP contribution < -0.4 is 16.4 Å². The first-order valence-corrected chi connectivity index (χ1v) is 7.61. The maximum Gasteiger partial charge on any atom is 0.251 e. The van der Waals surface area contributed by atoms with Crippen molar-refractivity contribution in [3.63, 3.8) is 0 Å². The van der Waals surface area contributed by atoms with Crippen molar-refractivity contribution in [3.05, 3.63) is 29.8 Å². The van der Waals surface area contributed by atoms with Gasteiger partial charge in [0, 0.05) is 31.0 Å². The van der Waals surface area contributed by atoms with Crippen LogP contribution in [0.2, 0.25) is 0 Å². The maximum atomic E-state index is 12.4. The summed E-state index contributed by atoms with van der Waals surface area (Å²) in [5.74, 6) is -0.381. The van der Waals surface area contributed by atoms with E-state index < -0.39 is 5.54 Å². The Morgan fingerprint density at radius 2 is 2.05 bits per heavy atom. The fourth-order valence-electron chi connectivity index (χ4n) is 2.30. The van der Waals surface area contributed by atoms with E-state index in [4.69, 9.17) is 10.5 Å². The Morgan fingerprint density at radius 1 is 1.32 bits per heavy atom. The molecule has 1 saturated heterocycles. The van der Waals surface area contributed by atoms with Crippen LogP contribution in [-0.2, 0) is 9.53 Å². The van der Waals surface area contributed by atoms with Gasteiger partial charge in [-0.25, -0.2) is 0 Å². The SMILES string of the molecule is CCCNC(=O)c1cccc(NC(=O)C2(N)CCOCC2)c1. The Morgan fingerprint density at radius 3 is 2.73 bits per heavy atom. The van der Waals surface area contributed by atoms with Gasteiger partial charge in [-0.1, -0.05) is 13.0 Å². The highest BCUT2D eigenvalue weighted by Crippen LogP contribution is 2.20. The van der Waals surface area contributed by atoms with Gasteiger partial charge in [-0.15, -0.1) is 0 Å². The predicted molar refractivity (Wildman–Crippen MR) is 84.7 cm³/mol. The van der Waals surface area contributed by atoms with Crippen molar-refractivity contribution in [1.82, 2.24) is 5.32 Å². The summed E-state index contributed by atoms with van der Waals surface area (Å²) in [5, 5.41) is 5.61. The summed E-state index contributed by atoms with van der Waals surface area (Å²) in [6.45, 7) is 3.60. The van der Waals surface area contributed by atoms with Crippen LogP contribution in [0.25, 0.3) is 0 Å². The van der Waals surface area contributed by atoms with E-state index in [9.17, 15) is 9.59 Å². The lowest BCUT2D eigenvalue weighted by atomic mass is 9.90. The first kappa shape index (κ1) is 16.5.